The van der Waals surface area contributed by atoms with Crippen molar-refractivity contribution in [1.29, 1.82) is 0 Å². The Hall–Kier alpha value is -1.09. The number of rotatable bonds is 4. The fraction of sp³-hybridized carbons (Fsp3) is 0.583. The first-order valence-corrected chi connectivity index (χ1v) is 5.41. The van der Waals surface area contributed by atoms with E-state index in [-0.39, 0.29) is 5.43 Å². The molecule has 0 saturated carbocycles. The molecule has 0 aliphatic rings. The highest BCUT2D eigenvalue weighted by Crippen LogP contribution is 2.00. The molecular weight excluding hydrogens is 188 g/mol. The molecule has 0 aliphatic carbocycles. The zero-order valence-electron chi connectivity index (χ0n) is 9.98. The summed E-state index contributed by atoms with van der Waals surface area (Å²) < 4.78 is 0. The molecule has 0 aliphatic heterocycles. The Balaban J connectivity index is 2.71. The summed E-state index contributed by atoms with van der Waals surface area (Å²) in [5.41, 5.74) is 2.74. The lowest BCUT2D eigenvalue weighted by Crippen LogP contribution is -2.23. The third-order valence-electron chi connectivity index (χ3n) is 2.47. The summed E-state index contributed by atoms with van der Waals surface area (Å²) in [4.78, 5) is 14.8. The molecule has 1 aromatic rings. The van der Waals surface area contributed by atoms with Crippen molar-refractivity contribution in [3.8, 4) is 0 Å². The van der Waals surface area contributed by atoms with E-state index in [9.17, 15) is 4.79 Å². The highest BCUT2D eigenvalue weighted by molar-refractivity contribution is 5.23. The van der Waals surface area contributed by atoms with Crippen molar-refractivity contribution < 1.29 is 0 Å². The van der Waals surface area contributed by atoms with Gasteiger partial charge in [-0.05, 0) is 26.3 Å². The normalized spacial score (nSPS) is 11.0. The average molecular weight is 208 g/mol. The molecule has 0 amide bonds. The molecule has 0 spiro atoms. The zero-order chi connectivity index (χ0) is 11.4. The maximum atomic E-state index is 11.6. The van der Waals surface area contributed by atoms with E-state index in [1.54, 1.807) is 6.20 Å². The van der Waals surface area contributed by atoms with Crippen LogP contribution in [0.25, 0.3) is 0 Å². The van der Waals surface area contributed by atoms with Crippen molar-refractivity contribution in [2.24, 2.45) is 5.92 Å². The molecule has 0 bridgehead atoms. The van der Waals surface area contributed by atoms with Gasteiger partial charge in [0, 0.05) is 29.6 Å². The molecule has 2 N–H and O–H groups in total. The van der Waals surface area contributed by atoms with E-state index in [1.165, 1.54) is 0 Å². The van der Waals surface area contributed by atoms with Gasteiger partial charge in [-0.3, -0.25) is 4.79 Å². The number of H-pyrrole nitrogens is 1. The molecule has 0 saturated heterocycles. The Bertz CT molecular complexity index is 380. The molecule has 1 heterocycles. The van der Waals surface area contributed by atoms with Gasteiger partial charge in [0.05, 0.1) is 0 Å². The van der Waals surface area contributed by atoms with Crippen LogP contribution in [0.5, 0.6) is 0 Å². The standard InChI is InChI=1S/C12H20N2O/c1-8(2)5-13-7-11-10(4)12(15)9(3)6-14-11/h6,8,13H,5,7H2,1-4H3,(H,14,15). The summed E-state index contributed by atoms with van der Waals surface area (Å²) in [6.45, 7) is 9.74. The molecule has 0 fully saturated rings. The second-order valence-electron chi connectivity index (χ2n) is 4.43. The Morgan fingerprint density at radius 2 is 2.07 bits per heavy atom. The first kappa shape index (κ1) is 12.0. The predicted octanol–water partition coefficient (Wildman–Crippen LogP) is 1.74. The van der Waals surface area contributed by atoms with Gasteiger partial charge in [-0.2, -0.15) is 0 Å². The van der Waals surface area contributed by atoms with Crippen molar-refractivity contribution >= 4 is 0 Å². The topological polar surface area (TPSA) is 44.9 Å². The maximum absolute atomic E-state index is 11.6. The van der Waals surface area contributed by atoms with Crippen molar-refractivity contribution in [3.05, 3.63) is 33.2 Å². The van der Waals surface area contributed by atoms with Crippen LogP contribution in [-0.4, -0.2) is 11.5 Å². The van der Waals surface area contributed by atoms with E-state index in [0.29, 0.717) is 5.92 Å². The van der Waals surface area contributed by atoms with Gasteiger partial charge in [0.1, 0.15) is 0 Å². The third-order valence-corrected chi connectivity index (χ3v) is 2.47. The number of aryl methyl sites for hydroxylation is 1. The molecule has 0 radical (unpaired) electrons. The highest BCUT2D eigenvalue weighted by atomic mass is 16.1. The number of pyridine rings is 1. The lowest BCUT2D eigenvalue weighted by Gasteiger charge is -2.09. The molecule has 1 rings (SSSR count). The van der Waals surface area contributed by atoms with Crippen LogP contribution in [0.1, 0.15) is 30.7 Å². The molecule has 0 unspecified atom stereocenters. The summed E-state index contributed by atoms with van der Waals surface area (Å²) in [5, 5.41) is 3.32. The van der Waals surface area contributed by atoms with Crippen LogP contribution in [0.15, 0.2) is 11.0 Å². The van der Waals surface area contributed by atoms with Crippen molar-refractivity contribution in [3.63, 3.8) is 0 Å². The molecule has 3 heteroatoms. The minimum atomic E-state index is 0.148. The van der Waals surface area contributed by atoms with E-state index >= 15 is 0 Å². The number of aromatic amines is 1. The van der Waals surface area contributed by atoms with E-state index < -0.39 is 0 Å². The van der Waals surface area contributed by atoms with Gasteiger partial charge in [0.15, 0.2) is 5.43 Å². The fourth-order valence-corrected chi connectivity index (χ4v) is 1.47. The zero-order valence-corrected chi connectivity index (χ0v) is 9.98. The Labute approximate surface area is 90.9 Å². The van der Waals surface area contributed by atoms with Gasteiger partial charge >= 0.3 is 0 Å². The summed E-state index contributed by atoms with van der Waals surface area (Å²) in [7, 11) is 0. The monoisotopic (exact) mass is 208 g/mol. The number of hydrogen-bond acceptors (Lipinski definition) is 2. The minimum absolute atomic E-state index is 0.148. The van der Waals surface area contributed by atoms with Crippen LogP contribution in [0.3, 0.4) is 0 Å². The summed E-state index contributed by atoms with van der Waals surface area (Å²) >= 11 is 0. The van der Waals surface area contributed by atoms with Gasteiger partial charge in [0.2, 0.25) is 0 Å². The summed E-state index contributed by atoms with van der Waals surface area (Å²) in [5.74, 6) is 0.627. The smallest absolute Gasteiger partial charge is 0.187 e. The van der Waals surface area contributed by atoms with E-state index in [4.69, 9.17) is 0 Å². The minimum Gasteiger partial charge on any atom is -0.363 e. The quantitative estimate of drug-likeness (QED) is 0.791. The van der Waals surface area contributed by atoms with E-state index in [2.05, 4.69) is 24.1 Å². The largest absolute Gasteiger partial charge is 0.363 e. The summed E-state index contributed by atoms with van der Waals surface area (Å²) in [6.07, 6.45) is 1.78. The number of nitrogens with one attached hydrogen (secondary N) is 2. The molecule has 15 heavy (non-hydrogen) atoms. The van der Waals surface area contributed by atoms with Crippen LogP contribution in [0.2, 0.25) is 0 Å². The predicted molar refractivity (Wildman–Crippen MR) is 63.1 cm³/mol. The Kier molecular flexibility index (Phi) is 4.09. The maximum Gasteiger partial charge on any atom is 0.187 e. The van der Waals surface area contributed by atoms with Gasteiger partial charge in [0.25, 0.3) is 0 Å². The van der Waals surface area contributed by atoms with Crippen molar-refractivity contribution in [1.82, 2.24) is 10.3 Å². The molecule has 3 nitrogen and oxygen atoms in total. The molecule has 84 valence electrons. The number of aromatic nitrogens is 1. The van der Waals surface area contributed by atoms with Crippen LogP contribution < -0.4 is 10.7 Å². The highest BCUT2D eigenvalue weighted by Gasteiger charge is 2.04. The fourth-order valence-electron chi connectivity index (χ4n) is 1.47. The van der Waals surface area contributed by atoms with Gasteiger partial charge < -0.3 is 10.3 Å². The first-order valence-electron chi connectivity index (χ1n) is 5.41. The van der Waals surface area contributed by atoms with Crippen LogP contribution in [0, 0.1) is 19.8 Å². The first-order chi connectivity index (χ1) is 7.02. The summed E-state index contributed by atoms with van der Waals surface area (Å²) in [6, 6.07) is 0. The molecular formula is C12H20N2O. The van der Waals surface area contributed by atoms with Gasteiger partial charge in [-0.25, -0.2) is 0 Å². The second-order valence-corrected chi connectivity index (χ2v) is 4.43. The van der Waals surface area contributed by atoms with Crippen LogP contribution in [-0.2, 0) is 6.54 Å². The lowest BCUT2D eigenvalue weighted by molar-refractivity contribution is 0.547. The molecule has 0 aromatic carbocycles. The van der Waals surface area contributed by atoms with Crippen molar-refractivity contribution in [2.45, 2.75) is 34.2 Å². The Morgan fingerprint density at radius 1 is 1.40 bits per heavy atom. The second kappa shape index (κ2) is 5.12. The van der Waals surface area contributed by atoms with E-state index in [1.807, 2.05) is 13.8 Å². The average Bonchev–Trinajstić information content (AvgIpc) is 2.18. The lowest BCUT2D eigenvalue weighted by atomic mass is 10.1. The Morgan fingerprint density at radius 3 is 2.67 bits per heavy atom. The van der Waals surface area contributed by atoms with Gasteiger partial charge in [-0.1, -0.05) is 13.8 Å². The molecule has 1 aromatic heterocycles. The van der Waals surface area contributed by atoms with Crippen LogP contribution >= 0.6 is 0 Å². The van der Waals surface area contributed by atoms with Gasteiger partial charge in [-0.15, -0.1) is 0 Å². The van der Waals surface area contributed by atoms with Crippen molar-refractivity contribution in [2.75, 3.05) is 6.54 Å². The third kappa shape index (κ3) is 3.20. The molecule has 0 atom stereocenters. The van der Waals surface area contributed by atoms with E-state index in [0.717, 1.165) is 29.9 Å². The SMILES string of the molecule is Cc1c[nH]c(CNCC(C)C)c(C)c1=O. The number of hydrogen-bond donors (Lipinski definition) is 2. The van der Waals surface area contributed by atoms with Crippen LogP contribution in [0.4, 0.5) is 0 Å².